The standard InChI is InChI=1S/C15H17Cl2N3O2S/c1-3-20(4-2)15-19-14(22)12(23-15)8-13(21)18-9-5-6-10(16)11(17)7-9/h5-7,12H,3-4,8H2,1-2H3,(H,18,21)/t12-/m0/s1. The maximum Gasteiger partial charge on any atom is 0.262 e. The molecule has 1 N–H and O–H groups in total. The highest BCUT2D eigenvalue weighted by molar-refractivity contribution is 8.15. The zero-order valence-corrected chi connectivity index (χ0v) is 15.1. The molecule has 8 heteroatoms. The van der Waals surface area contributed by atoms with E-state index in [4.69, 9.17) is 23.2 Å². The Morgan fingerprint density at radius 1 is 1.30 bits per heavy atom. The lowest BCUT2D eigenvalue weighted by molar-refractivity contribution is -0.121. The number of carbonyl (C=O) groups is 2. The zero-order chi connectivity index (χ0) is 17.0. The SMILES string of the molecule is CCN(CC)C1=NC(=O)[C@H](CC(=O)Nc2ccc(Cl)c(Cl)c2)S1. The van der Waals surface area contributed by atoms with E-state index in [-0.39, 0.29) is 18.2 Å². The minimum absolute atomic E-state index is 0.0675. The molecule has 0 saturated carbocycles. The number of rotatable bonds is 5. The van der Waals surface area contributed by atoms with Crippen LogP contribution >= 0.6 is 35.0 Å². The molecule has 0 aromatic heterocycles. The predicted octanol–water partition coefficient (Wildman–Crippen LogP) is 3.66. The molecule has 2 rings (SSSR count). The number of nitrogens with zero attached hydrogens (tertiary/aromatic N) is 2. The third-order valence-corrected chi connectivity index (χ3v) is 5.29. The average molecular weight is 374 g/mol. The highest BCUT2D eigenvalue weighted by Crippen LogP contribution is 2.28. The van der Waals surface area contributed by atoms with E-state index in [1.165, 1.54) is 11.8 Å². The van der Waals surface area contributed by atoms with Crippen molar-refractivity contribution in [1.29, 1.82) is 0 Å². The van der Waals surface area contributed by atoms with Gasteiger partial charge in [-0.3, -0.25) is 9.59 Å². The number of carbonyl (C=O) groups excluding carboxylic acids is 2. The third kappa shape index (κ3) is 4.62. The van der Waals surface area contributed by atoms with Crippen LogP contribution in [0.25, 0.3) is 0 Å². The number of amides is 2. The van der Waals surface area contributed by atoms with Crippen molar-refractivity contribution < 1.29 is 9.59 Å². The van der Waals surface area contributed by atoms with E-state index in [9.17, 15) is 9.59 Å². The fourth-order valence-corrected chi connectivity index (χ4v) is 3.58. The second kappa shape index (κ2) is 8.04. The van der Waals surface area contributed by atoms with Crippen molar-refractivity contribution >= 4 is 57.6 Å². The molecule has 1 aromatic carbocycles. The van der Waals surface area contributed by atoms with Gasteiger partial charge in [0.1, 0.15) is 5.25 Å². The van der Waals surface area contributed by atoms with Crippen LogP contribution in [0.2, 0.25) is 10.0 Å². The van der Waals surface area contributed by atoms with Crippen LogP contribution in [-0.2, 0) is 9.59 Å². The first kappa shape index (κ1) is 18.1. The van der Waals surface area contributed by atoms with Crippen LogP contribution in [-0.4, -0.2) is 40.2 Å². The van der Waals surface area contributed by atoms with Crippen LogP contribution < -0.4 is 5.32 Å². The monoisotopic (exact) mass is 373 g/mol. The van der Waals surface area contributed by atoms with Gasteiger partial charge in [-0.25, -0.2) is 0 Å². The Labute approximate surface area is 149 Å². The van der Waals surface area contributed by atoms with Gasteiger partial charge in [-0.2, -0.15) is 4.99 Å². The summed E-state index contributed by atoms with van der Waals surface area (Å²) in [6.45, 7) is 5.55. The van der Waals surface area contributed by atoms with Gasteiger partial charge in [0.05, 0.1) is 10.0 Å². The number of hydrogen-bond donors (Lipinski definition) is 1. The Morgan fingerprint density at radius 2 is 2.00 bits per heavy atom. The van der Waals surface area contributed by atoms with Crippen LogP contribution in [0.3, 0.4) is 0 Å². The minimum Gasteiger partial charge on any atom is -0.352 e. The van der Waals surface area contributed by atoms with Gasteiger partial charge in [-0.1, -0.05) is 35.0 Å². The Balaban J connectivity index is 1.94. The van der Waals surface area contributed by atoms with Gasteiger partial charge in [0.25, 0.3) is 5.91 Å². The first-order valence-electron chi connectivity index (χ1n) is 7.23. The van der Waals surface area contributed by atoms with Gasteiger partial charge >= 0.3 is 0 Å². The molecular formula is C15H17Cl2N3O2S. The summed E-state index contributed by atoms with van der Waals surface area (Å²) in [5, 5.41) is 3.71. The number of anilines is 1. The maximum absolute atomic E-state index is 12.1. The Kier molecular flexibility index (Phi) is 6.33. The summed E-state index contributed by atoms with van der Waals surface area (Å²) < 4.78 is 0. The minimum atomic E-state index is -0.478. The van der Waals surface area contributed by atoms with Crippen molar-refractivity contribution in [3.63, 3.8) is 0 Å². The molecule has 0 aliphatic carbocycles. The quantitative estimate of drug-likeness (QED) is 0.855. The second-order valence-corrected chi connectivity index (χ2v) is 6.88. The van der Waals surface area contributed by atoms with E-state index in [2.05, 4.69) is 10.3 Å². The van der Waals surface area contributed by atoms with Crippen molar-refractivity contribution in [2.75, 3.05) is 18.4 Å². The van der Waals surface area contributed by atoms with E-state index in [1.807, 2.05) is 18.7 Å². The first-order valence-corrected chi connectivity index (χ1v) is 8.87. The first-order chi connectivity index (χ1) is 10.9. The van der Waals surface area contributed by atoms with Crippen molar-refractivity contribution in [1.82, 2.24) is 4.90 Å². The fourth-order valence-electron chi connectivity index (χ4n) is 2.09. The van der Waals surface area contributed by atoms with E-state index in [0.717, 1.165) is 13.1 Å². The van der Waals surface area contributed by atoms with E-state index in [0.29, 0.717) is 20.9 Å². The van der Waals surface area contributed by atoms with Crippen molar-refractivity contribution in [3.05, 3.63) is 28.2 Å². The highest BCUT2D eigenvalue weighted by Gasteiger charge is 2.32. The Bertz CT molecular complexity index is 648. The molecule has 23 heavy (non-hydrogen) atoms. The normalized spacial score (nSPS) is 17.1. The molecule has 0 saturated heterocycles. The molecule has 124 valence electrons. The molecule has 0 radical (unpaired) electrons. The Morgan fingerprint density at radius 3 is 2.61 bits per heavy atom. The van der Waals surface area contributed by atoms with Crippen molar-refractivity contribution in [3.8, 4) is 0 Å². The average Bonchev–Trinajstić information content (AvgIpc) is 2.85. The van der Waals surface area contributed by atoms with Crippen LogP contribution in [0, 0.1) is 0 Å². The number of nitrogens with one attached hydrogen (secondary N) is 1. The summed E-state index contributed by atoms with van der Waals surface area (Å²) in [6, 6.07) is 4.84. The maximum atomic E-state index is 12.1. The number of benzene rings is 1. The van der Waals surface area contributed by atoms with Gasteiger partial charge in [0.2, 0.25) is 5.91 Å². The molecule has 0 unspecified atom stereocenters. The van der Waals surface area contributed by atoms with Crippen LogP contribution in [0.5, 0.6) is 0 Å². The summed E-state index contributed by atoms with van der Waals surface area (Å²) in [4.78, 5) is 30.1. The molecule has 1 heterocycles. The van der Waals surface area contributed by atoms with Crippen molar-refractivity contribution in [2.24, 2.45) is 4.99 Å². The second-order valence-electron chi connectivity index (χ2n) is 4.89. The van der Waals surface area contributed by atoms with E-state index < -0.39 is 5.25 Å². The van der Waals surface area contributed by atoms with Crippen LogP contribution in [0.15, 0.2) is 23.2 Å². The molecule has 1 aliphatic heterocycles. The Hall–Kier alpha value is -1.24. The van der Waals surface area contributed by atoms with Gasteiger partial charge in [0.15, 0.2) is 5.17 Å². The molecule has 1 aromatic rings. The van der Waals surface area contributed by atoms with Crippen molar-refractivity contribution in [2.45, 2.75) is 25.5 Å². The van der Waals surface area contributed by atoms with Gasteiger partial charge in [-0.05, 0) is 32.0 Å². The molecular weight excluding hydrogens is 357 g/mol. The largest absolute Gasteiger partial charge is 0.352 e. The smallest absolute Gasteiger partial charge is 0.262 e. The number of thioether (sulfide) groups is 1. The molecule has 1 atom stereocenters. The summed E-state index contributed by atoms with van der Waals surface area (Å²) in [5.74, 6) is -0.522. The summed E-state index contributed by atoms with van der Waals surface area (Å²) in [6.07, 6.45) is 0.0675. The molecule has 1 aliphatic rings. The number of halogens is 2. The molecule has 0 spiro atoms. The van der Waals surface area contributed by atoms with E-state index in [1.54, 1.807) is 18.2 Å². The summed E-state index contributed by atoms with van der Waals surface area (Å²) in [5.41, 5.74) is 0.546. The molecule has 0 bridgehead atoms. The number of amidine groups is 1. The van der Waals surface area contributed by atoms with E-state index >= 15 is 0 Å². The summed E-state index contributed by atoms with van der Waals surface area (Å²) >= 11 is 13.1. The number of hydrogen-bond acceptors (Lipinski definition) is 4. The predicted molar refractivity (Wildman–Crippen MR) is 96.5 cm³/mol. The van der Waals surface area contributed by atoms with Gasteiger partial charge in [-0.15, -0.1) is 0 Å². The molecule has 2 amide bonds. The number of aliphatic imine (C=N–C) groups is 1. The lowest BCUT2D eigenvalue weighted by atomic mass is 10.2. The topological polar surface area (TPSA) is 61.8 Å². The van der Waals surface area contributed by atoms with Crippen LogP contribution in [0.4, 0.5) is 5.69 Å². The van der Waals surface area contributed by atoms with Gasteiger partial charge < -0.3 is 10.2 Å². The van der Waals surface area contributed by atoms with Crippen LogP contribution in [0.1, 0.15) is 20.3 Å². The highest BCUT2D eigenvalue weighted by atomic mass is 35.5. The molecule has 0 fully saturated rings. The van der Waals surface area contributed by atoms with Gasteiger partial charge in [0, 0.05) is 25.2 Å². The third-order valence-electron chi connectivity index (χ3n) is 3.34. The fraction of sp³-hybridized carbons (Fsp3) is 0.400. The molecule has 5 nitrogen and oxygen atoms in total. The lowest BCUT2D eigenvalue weighted by Crippen LogP contribution is -2.27. The summed E-state index contributed by atoms with van der Waals surface area (Å²) in [7, 11) is 0. The zero-order valence-electron chi connectivity index (χ0n) is 12.8. The lowest BCUT2D eigenvalue weighted by Gasteiger charge is -2.19.